The van der Waals surface area contributed by atoms with Crippen molar-refractivity contribution in [3.63, 3.8) is 0 Å². The Morgan fingerprint density at radius 1 is 0.897 bits per heavy atom. The minimum Gasteiger partial charge on any atom is -0.279 e. The first kappa shape index (κ1) is 21.2. The van der Waals surface area contributed by atoms with Crippen LogP contribution in [0.5, 0.6) is 0 Å². The maximum absolute atomic E-state index is 14.7. The second-order valence-electron chi connectivity index (χ2n) is 8.97. The molecule has 29 heavy (non-hydrogen) atoms. The van der Waals surface area contributed by atoms with Crippen molar-refractivity contribution < 1.29 is 8.78 Å². The quantitative estimate of drug-likeness (QED) is 0.485. The van der Waals surface area contributed by atoms with Gasteiger partial charge in [0.15, 0.2) is 5.82 Å². The van der Waals surface area contributed by atoms with Crippen LogP contribution < -0.4 is 0 Å². The van der Waals surface area contributed by atoms with Gasteiger partial charge in [-0.1, -0.05) is 71.9 Å². The summed E-state index contributed by atoms with van der Waals surface area (Å²) in [7, 11) is 0. The average molecular weight is 397 g/mol. The van der Waals surface area contributed by atoms with Crippen LogP contribution in [0.2, 0.25) is 0 Å². The highest BCUT2D eigenvalue weighted by atomic mass is 19.1. The van der Waals surface area contributed by atoms with Crippen LogP contribution in [0.3, 0.4) is 0 Å². The zero-order valence-corrected chi connectivity index (χ0v) is 18.1. The van der Waals surface area contributed by atoms with Gasteiger partial charge in [-0.2, -0.15) is 5.10 Å². The molecule has 0 amide bonds. The molecule has 0 aliphatic rings. The van der Waals surface area contributed by atoms with E-state index in [1.54, 1.807) is 6.07 Å². The molecule has 0 atom stereocenters. The third-order valence-electron chi connectivity index (χ3n) is 5.80. The number of aromatic amines is 1. The number of hydrogen-bond acceptors (Lipinski definition) is 1. The van der Waals surface area contributed by atoms with Crippen LogP contribution in [-0.4, -0.2) is 10.2 Å². The predicted octanol–water partition coefficient (Wildman–Crippen LogP) is 6.85. The Balaban J connectivity index is 2.02. The van der Waals surface area contributed by atoms with Crippen LogP contribution >= 0.6 is 0 Å². The molecule has 1 N–H and O–H groups in total. The van der Waals surface area contributed by atoms with Crippen molar-refractivity contribution in [3.05, 3.63) is 87.7 Å². The molecule has 4 heteroatoms. The maximum atomic E-state index is 14.7. The highest BCUT2D eigenvalue weighted by Gasteiger charge is 2.28. The Hall–Kier alpha value is -2.49. The van der Waals surface area contributed by atoms with Crippen molar-refractivity contribution in [1.29, 1.82) is 0 Å². The maximum Gasteiger partial charge on any atom is 0.164 e. The van der Waals surface area contributed by atoms with E-state index in [9.17, 15) is 8.78 Å². The van der Waals surface area contributed by atoms with Crippen LogP contribution in [0.4, 0.5) is 8.78 Å². The van der Waals surface area contributed by atoms with E-state index >= 15 is 0 Å². The number of nitrogens with zero attached hydrogens (tertiary/aromatic N) is 1. The summed E-state index contributed by atoms with van der Waals surface area (Å²) in [4.78, 5) is 0. The average Bonchev–Trinajstić information content (AvgIpc) is 3.05. The van der Waals surface area contributed by atoms with Crippen molar-refractivity contribution in [2.75, 3.05) is 0 Å². The van der Waals surface area contributed by atoms with E-state index in [1.807, 2.05) is 32.0 Å². The molecule has 0 radical (unpaired) electrons. The molecule has 1 aromatic heterocycles. The summed E-state index contributed by atoms with van der Waals surface area (Å²) >= 11 is 0. The summed E-state index contributed by atoms with van der Waals surface area (Å²) < 4.78 is 28.5. The van der Waals surface area contributed by atoms with Crippen LogP contribution in [0.1, 0.15) is 86.9 Å². The van der Waals surface area contributed by atoms with E-state index < -0.39 is 0 Å². The van der Waals surface area contributed by atoms with Crippen LogP contribution in [0.25, 0.3) is 0 Å². The number of nitrogens with one attached hydrogen (secondary N) is 1. The minimum absolute atomic E-state index is 0.150. The predicted molar refractivity (Wildman–Crippen MR) is 114 cm³/mol. The highest BCUT2D eigenvalue weighted by Crippen LogP contribution is 2.38. The third kappa shape index (κ3) is 4.26. The number of benzene rings is 2. The van der Waals surface area contributed by atoms with E-state index in [0.717, 1.165) is 22.3 Å². The monoisotopic (exact) mass is 396 g/mol. The van der Waals surface area contributed by atoms with Crippen molar-refractivity contribution >= 4 is 0 Å². The van der Waals surface area contributed by atoms with Crippen molar-refractivity contribution in [1.82, 2.24) is 10.2 Å². The molecule has 0 saturated carbocycles. The van der Waals surface area contributed by atoms with Crippen molar-refractivity contribution in [2.45, 2.75) is 65.2 Å². The Bertz CT molecular complexity index is 1000. The fourth-order valence-electron chi connectivity index (χ4n) is 3.93. The Kier molecular flexibility index (Phi) is 5.92. The Labute approximate surface area is 172 Å². The first-order chi connectivity index (χ1) is 13.6. The normalized spacial score (nSPS) is 12.2. The minimum atomic E-state index is -0.353. The Morgan fingerprint density at radius 3 is 2.14 bits per heavy atom. The van der Waals surface area contributed by atoms with E-state index in [-0.39, 0.29) is 28.9 Å². The lowest BCUT2D eigenvalue weighted by molar-refractivity contribution is 0.576. The summed E-state index contributed by atoms with van der Waals surface area (Å²) in [5.41, 5.74) is 5.21. The standard InChI is InChI=1S/C25H30F2N2/c1-15(2)19-9-8-18(13-22(19)26)25(5,6)21-10-7-17(11-20(21)16(3)4)12-24-23(27)14-28-29-24/h7-11,13-16H,12H2,1-6H3,(H,28,29). The molecule has 0 saturated heterocycles. The second-order valence-corrected chi connectivity index (χ2v) is 8.97. The van der Waals surface area contributed by atoms with Gasteiger partial charge in [-0.3, -0.25) is 5.10 Å². The molecular formula is C25H30F2N2. The fourth-order valence-corrected chi connectivity index (χ4v) is 3.93. The first-order valence-corrected chi connectivity index (χ1v) is 10.2. The van der Waals surface area contributed by atoms with Gasteiger partial charge in [0.05, 0.1) is 11.9 Å². The highest BCUT2D eigenvalue weighted by molar-refractivity contribution is 5.46. The summed E-state index contributed by atoms with van der Waals surface area (Å²) in [5.74, 6) is -0.0274. The molecule has 3 aromatic rings. The molecule has 2 aromatic carbocycles. The van der Waals surface area contributed by atoms with Gasteiger partial charge < -0.3 is 0 Å². The zero-order chi connectivity index (χ0) is 21.3. The van der Waals surface area contributed by atoms with Crippen molar-refractivity contribution in [3.8, 4) is 0 Å². The van der Waals surface area contributed by atoms with Crippen LogP contribution in [0.15, 0.2) is 42.6 Å². The number of halogens is 2. The van der Waals surface area contributed by atoms with E-state index in [4.69, 9.17) is 0 Å². The van der Waals surface area contributed by atoms with Gasteiger partial charge >= 0.3 is 0 Å². The molecule has 2 nitrogen and oxygen atoms in total. The molecule has 154 valence electrons. The summed E-state index contributed by atoms with van der Waals surface area (Å²) in [5, 5.41) is 6.49. The SMILES string of the molecule is CC(C)c1ccc(C(C)(C)c2ccc(Cc3[nH]ncc3F)cc2C(C)C)cc1F. The molecular weight excluding hydrogens is 366 g/mol. The Morgan fingerprint density at radius 2 is 1.59 bits per heavy atom. The second kappa shape index (κ2) is 8.10. The van der Waals surface area contributed by atoms with Gasteiger partial charge in [0.25, 0.3) is 0 Å². The molecule has 0 spiro atoms. The first-order valence-electron chi connectivity index (χ1n) is 10.2. The largest absolute Gasteiger partial charge is 0.279 e. The van der Waals surface area contributed by atoms with Crippen molar-refractivity contribution in [2.24, 2.45) is 0 Å². The summed E-state index contributed by atoms with van der Waals surface area (Å²) in [6.07, 6.45) is 1.66. The van der Waals surface area contributed by atoms with Gasteiger partial charge in [-0.15, -0.1) is 0 Å². The van der Waals surface area contributed by atoms with Gasteiger partial charge in [0.1, 0.15) is 5.82 Å². The van der Waals surface area contributed by atoms with Gasteiger partial charge in [-0.05, 0) is 45.7 Å². The van der Waals surface area contributed by atoms with Gasteiger partial charge in [0, 0.05) is 11.8 Å². The van der Waals surface area contributed by atoms with Gasteiger partial charge in [-0.25, -0.2) is 8.78 Å². The van der Waals surface area contributed by atoms with Crippen LogP contribution in [-0.2, 0) is 11.8 Å². The number of hydrogen-bond donors (Lipinski definition) is 1. The van der Waals surface area contributed by atoms with E-state index in [0.29, 0.717) is 12.1 Å². The summed E-state index contributed by atoms with van der Waals surface area (Å²) in [6.45, 7) is 12.6. The van der Waals surface area contributed by atoms with E-state index in [1.165, 1.54) is 11.8 Å². The lowest BCUT2D eigenvalue weighted by Crippen LogP contribution is -2.22. The molecule has 0 aliphatic carbocycles. The zero-order valence-electron chi connectivity index (χ0n) is 18.1. The van der Waals surface area contributed by atoms with Gasteiger partial charge in [0.2, 0.25) is 0 Å². The third-order valence-corrected chi connectivity index (χ3v) is 5.80. The molecule has 0 aliphatic heterocycles. The van der Waals surface area contributed by atoms with Crippen LogP contribution in [0, 0.1) is 11.6 Å². The molecule has 0 bridgehead atoms. The molecule has 3 rings (SSSR count). The molecule has 1 heterocycles. The summed E-state index contributed by atoms with van der Waals surface area (Å²) in [6, 6.07) is 11.9. The smallest absolute Gasteiger partial charge is 0.164 e. The molecule has 0 unspecified atom stereocenters. The number of aromatic nitrogens is 2. The number of rotatable bonds is 6. The van der Waals surface area contributed by atoms with E-state index in [2.05, 4.69) is 50.0 Å². The lowest BCUT2D eigenvalue weighted by atomic mass is 9.73. The fraction of sp³-hybridized carbons (Fsp3) is 0.400. The number of H-pyrrole nitrogens is 1. The lowest BCUT2D eigenvalue weighted by Gasteiger charge is -2.31. The molecule has 0 fully saturated rings. The topological polar surface area (TPSA) is 28.7 Å².